The molecule has 3 aliphatic rings. The van der Waals surface area contributed by atoms with Crippen LogP contribution < -0.4 is 4.90 Å². The number of fused-ring (bicyclic) bond motifs is 1. The van der Waals surface area contributed by atoms with Gasteiger partial charge in [-0.15, -0.1) is 0 Å². The van der Waals surface area contributed by atoms with E-state index in [4.69, 9.17) is 0 Å². The number of carbonyl (C=O) groups excluding carboxylic acids is 3. The molecule has 1 aliphatic carbocycles. The van der Waals surface area contributed by atoms with E-state index in [2.05, 4.69) is 36.9 Å². The minimum atomic E-state index is -0.219. The molecule has 0 radical (unpaired) electrons. The van der Waals surface area contributed by atoms with Crippen LogP contribution in [-0.4, -0.2) is 60.2 Å². The van der Waals surface area contributed by atoms with Crippen molar-refractivity contribution in [2.45, 2.75) is 33.1 Å². The van der Waals surface area contributed by atoms with Crippen LogP contribution in [0.5, 0.6) is 0 Å². The van der Waals surface area contributed by atoms with Crippen LogP contribution in [0, 0.1) is 25.7 Å². The lowest BCUT2D eigenvalue weighted by molar-refractivity contribution is -0.140. The molecular weight excluding hydrogens is 366 g/mol. The third-order valence-electron chi connectivity index (χ3n) is 6.70. The van der Waals surface area contributed by atoms with E-state index < -0.39 is 0 Å². The van der Waals surface area contributed by atoms with E-state index >= 15 is 0 Å². The molecule has 1 aromatic rings. The van der Waals surface area contributed by atoms with Gasteiger partial charge in [-0.1, -0.05) is 24.3 Å². The molecule has 0 N–H and O–H groups in total. The van der Waals surface area contributed by atoms with E-state index in [-0.39, 0.29) is 42.5 Å². The lowest BCUT2D eigenvalue weighted by Crippen LogP contribution is -2.49. The summed E-state index contributed by atoms with van der Waals surface area (Å²) in [5, 5.41) is 0. The van der Waals surface area contributed by atoms with Gasteiger partial charge in [0.15, 0.2) is 0 Å². The van der Waals surface area contributed by atoms with Crippen molar-refractivity contribution in [1.82, 2.24) is 9.80 Å². The molecule has 0 spiro atoms. The molecule has 2 heterocycles. The zero-order valence-electron chi connectivity index (χ0n) is 17.3. The second-order valence-electron chi connectivity index (χ2n) is 8.32. The van der Waals surface area contributed by atoms with Crippen LogP contribution in [0.25, 0.3) is 0 Å². The molecule has 29 heavy (non-hydrogen) atoms. The summed E-state index contributed by atoms with van der Waals surface area (Å²) >= 11 is 0. The number of hydrogen-bond donors (Lipinski definition) is 0. The number of carbonyl (C=O) groups is 3. The Labute approximate surface area is 172 Å². The third kappa shape index (κ3) is 3.68. The maximum Gasteiger partial charge on any atom is 0.233 e. The number of benzene rings is 1. The minimum Gasteiger partial charge on any atom is -0.368 e. The first-order valence-corrected chi connectivity index (χ1v) is 10.6. The maximum atomic E-state index is 12.7. The van der Waals surface area contributed by atoms with Crippen molar-refractivity contribution in [3.8, 4) is 0 Å². The van der Waals surface area contributed by atoms with Crippen molar-refractivity contribution in [2.24, 2.45) is 11.8 Å². The second kappa shape index (κ2) is 8.01. The van der Waals surface area contributed by atoms with E-state index in [1.807, 2.05) is 17.1 Å². The monoisotopic (exact) mass is 395 g/mol. The quantitative estimate of drug-likeness (QED) is 0.580. The molecule has 6 nitrogen and oxygen atoms in total. The van der Waals surface area contributed by atoms with Crippen LogP contribution in [0.15, 0.2) is 30.4 Å². The van der Waals surface area contributed by atoms with Crippen molar-refractivity contribution >= 4 is 23.4 Å². The normalized spacial score (nSPS) is 24.3. The van der Waals surface area contributed by atoms with Crippen molar-refractivity contribution in [3.05, 3.63) is 41.5 Å². The van der Waals surface area contributed by atoms with Gasteiger partial charge < -0.3 is 9.80 Å². The molecule has 0 unspecified atom stereocenters. The van der Waals surface area contributed by atoms with Crippen molar-refractivity contribution in [2.75, 3.05) is 37.6 Å². The fraction of sp³-hybridized carbons (Fsp3) is 0.522. The Balaban J connectivity index is 1.30. The number of hydrogen-bond acceptors (Lipinski definition) is 4. The second-order valence-corrected chi connectivity index (χ2v) is 8.32. The number of piperazine rings is 1. The molecule has 1 aromatic carbocycles. The molecule has 2 fully saturated rings. The zero-order chi connectivity index (χ0) is 20.5. The molecule has 2 aliphatic heterocycles. The Morgan fingerprint density at radius 3 is 2.21 bits per heavy atom. The number of imide groups is 1. The third-order valence-corrected chi connectivity index (χ3v) is 6.70. The van der Waals surface area contributed by atoms with Crippen molar-refractivity contribution in [1.29, 1.82) is 0 Å². The van der Waals surface area contributed by atoms with Crippen molar-refractivity contribution in [3.63, 3.8) is 0 Å². The predicted molar refractivity (Wildman–Crippen MR) is 111 cm³/mol. The molecule has 4 rings (SSSR count). The number of likely N-dealkylation sites (tertiary alicyclic amines) is 1. The largest absolute Gasteiger partial charge is 0.368 e. The maximum absolute atomic E-state index is 12.7. The summed E-state index contributed by atoms with van der Waals surface area (Å²) in [6.45, 7) is 7.40. The Kier molecular flexibility index (Phi) is 5.43. The number of nitrogens with zero attached hydrogens (tertiary/aromatic N) is 3. The molecule has 0 saturated carbocycles. The molecule has 6 heteroatoms. The summed E-state index contributed by atoms with van der Waals surface area (Å²) in [6, 6.07) is 6.33. The highest BCUT2D eigenvalue weighted by Crippen LogP contribution is 2.35. The number of rotatable bonds is 4. The van der Waals surface area contributed by atoms with Gasteiger partial charge in [-0.3, -0.25) is 19.3 Å². The van der Waals surface area contributed by atoms with Gasteiger partial charge in [0.1, 0.15) is 0 Å². The van der Waals surface area contributed by atoms with Gasteiger partial charge in [0.2, 0.25) is 17.7 Å². The summed E-state index contributed by atoms with van der Waals surface area (Å²) in [4.78, 5) is 43.3. The molecule has 3 amide bonds. The van der Waals surface area contributed by atoms with Gasteiger partial charge in [-0.2, -0.15) is 0 Å². The summed E-state index contributed by atoms with van der Waals surface area (Å²) in [7, 11) is 0. The molecule has 0 bridgehead atoms. The Bertz CT molecular complexity index is 829. The van der Waals surface area contributed by atoms with Gasteiger partial charge in [-0.05, 0) is 43.9 Å². The van der Waals surface area contributed by atoms with Gasteiger partial charge in [0.25, 0.3) is 0 Å². The van der Waals surface area contributed by atoms with Crippen LogP contribution in [0.3, 0.4) is 0 Å². The molecule has 0 aromatic heterocycles. The van der Waals surface area contributed by atoms with E-state index in [0.29, 0.717) is 25.9 Å². The minimum absolute atomic E-state index is 0.0270. The average molecular weight is 396 g/mol. The number of aryl methyl sites for hydroxylation is 1. The SMILES string of the molecule is Cc1cccc(N2CCN(C(=O)CCN3C(=O)[C@H]4CC=CC[C@H]4C3=O)CC2)c1C. The summed E-state index contributed by atoms with van der Waals surface area (Å²) in [5.41, 5.74) is 3.80. The molecular formula is C23H29N3O3. The molecule has 2 atom stereocenters. The number of amides is 3. The average Bonchev–Trinajstić information content (AvgIpc) is 2.99. The predicted octanol–water partition coefficient (Wildman–Crippen LogP) is 2.29. The zero-order valence-corrected chi connectivity index (χ0v) is 17.3. The summed E-state index contributed by atoms with van der Waals surface area (Å²) in [6.07, 6.45) is 5.46. The van der Waals surface area contributed by atoms with Crippen LogP contribution in [0.4, 0.5) is 5.69 Å². The highest BCUT2D eigenvalue weighted by atomic mass is 16.2. The van der Waals surface area contributed by atoms with Crippen LogP contribution in [0.1, 0.15) is 30.4 Å². The van der Waals surface area contributed by atoms with Gasteiger partial charge in [-0.25, -0.2) is 0 Å². The van der Waals surface area contributed by atoms with E-state index in [1.54, 1.807) is 0 Å². The van der Waals surface area contributed by atoms with Crippen LogP contribution >= 0.6 is 0 Å². The summed E-state index contributed by atoms with van der Waals surface area (Å²) in [5.74, 6) is -0.611. The fourth-order valence-corrected chi connectivity index (χ4v) is 4.73. The van der Waals surface area contributed by atoms with Crippen molar-refractivity contribution < 1.29 is 14.4 Å². The molecule has 154 valence electrons. The Hall–Kier alpha value is -2.63. The van der Waals surface area contributed by atoms with Gasteiger partial charge in [0.05, 0.1) is 11.8 Å². The smallest absolute Gasteiger partial charge is 0.233 e. The van der Waals surface area contributed by atoms with Gasteiger partial charge >= 0.3 is 0 Å². The first-order valence-electron chi connectivity index (χ1n) is 10.6. The first kappa shape index (κ1) is 19.7. The summed E-state index contributed by atoms with van der Waals surface area (Å²) < 4.78 is 0. The highest BCUT2D eigenvalue weighted by Gasteiger charge is 2.47. The standard InChI is InChI=1S/C23H29N3O3/c1-16-6-5-9-20(17(16)2)24-12-14-25(15-13-24)21(27)10-11-26-22(28)18-7-3-4-8-19(18)23(26)29/h3-6,9,18-19H,7-8,10-15H2,1-2H3/t18-,19+. The lowest BCUT2D eigenvalue weighted by Gasteiger charge is -2.37. The first-order chi connectivity index (χ1) is 14.0. The topological polar surface area (TPSA) is 60.9 Å². The van der Waals surface area contributed by atoms with E-state index in [1.165, 1.54) is 21.7 Å². The fourth-order valence-electron chi connectivity index (χ4n) is 4.73. The molecule has 2 saturated heterocycles. The lowest BCUT2D eigenvalue weighted by atomic mass is 9.85. The number of allylic oxidation sites excluding steroid dienone is 2. The van der Waals surface area contributed by atoms with Crippen LogP contribution in [0.2, 0.25) is 0 Å². The Morgan fingerprint density at radius 1 is 0.966 bits per heavy atom. The van der Waals surface area contributed by atoms with E-state index in [9.17, 15) is 14.4 Å². The highest BCUT2D eigenvalue weighted by molar-refractivity contribution is 6.05. The Morgan fingerprint density at radius 2 is 1.59 bits per heavy atom. The number of anilines is 1. The van der Waals surface area contributed by atoms with Gasteiger partial charge in [0, 0.05) is 44.8 Å². The van der Waals surface area contributed by atoms with E-state index in [0.717, 1.165) is 13.1 Å². The van der Waals surface area contributed by atoms with Crippen LogP contribution in [-0.2, 0) is 14.4 Å².